The van der Waals surface area contributed by atoms with Crippen molar-refractivity contribution in [3.63, 3.8) is 0 Å². The summed E-state index contributed by atoms with van der Waals surface area (Å²) in [5, 5.41) is 1.14. The monoisotopic (exact) mass is 256 g/mol. The summed E-state index contributed by atoms with van der Waals surface area (Å²) < 4.78 is 5.73. The lowest BCUT2D eigenvalue weighted by Gasteiger charge is -2.04. The standard InChI is InChI=1S/C15H9ClO2/c16-12-7-3-1-5-10(12)15-9-13(17)11-6-2-4-8-14(11)18-15/h1-9H. The molecule has 0 amide bonds. The summed E-state index contributed by atoms with van der Waals surface area (Å²) in [6.07, 6.45) is 0. The highest BCUT2D eigenvalue weighted by atomic mass is 35.5. The van der Waals surface area contributed by atoms with Crippen LogP contribution in [0.2, 0.25) is 5.02 Å². The normalized spacial score (nSPS) is 10.7. The average Bonchev–Trinajstić information content (AvgIpc) is 2.39. The first-order valence-corrected chi connectivity index (χ1v) is 5.91. The topological polar surface area (TPSA) is 30.2 Å². The van der Waals surface area contributed by atoms with Crippen LogP contribution >= 0.6 is 11.6 Å². The minimum absolute atomic E-state index is 0.0632. The Hall–Kier alpha value is -2.06. The van der Waals surface area contributed by atoms with Gasteiger partial charge in [0.05, 0.1) is 10.4 Å². The van der Waals surface area contributed by atoms with Crippen molar-refractivity contribution in [2.75, 3.05) is 0 Å². The van der Waals surface area contributed by atoms with Crippen LogP contribution in [0.1, 0.15) is 0 Å². The minimum atomic E-state index is -0.0632. The minimum Gasteiger partial charge on any atom is -0.456 e. The number of rotatable bonds is 1. The van der Waals surface area contributed by atoms with Crippen LogP contribution in [0.4, 0.5) is 0 Å². The first-order valence-electron chi connectivity index (χ1n) is 5.53. The van der Waals surface area contributed by atoms with Crippen molar-refractivity contribution in [2.24, 2.45) is 0 Å². The van der Waals surface area contributed by atoms with Crippen molar-refractivity contribution in [1.29, 1.82) is 0 Å². The summed E-state index contributed by atoms with van der Waals surface area (Å²) in [6.45, 7) is 0. The lowest BCUT2D eigenvalue weighted by Crippen LogP contribution is -1.99. The first-order chi connectivity index (χ1) is 8.75. The molecule has 18 heavy (non-hydrogen) atoms. The maximum atomic E-state index is 12.0. The van der Waals surface area contributed by atoms with Gasteiger partial charge in [0.1, 0.15) is 11.3 Å². The van der Waals surface area contributed by atoms with Crippen molar-refractivity contribution in [3.8, 4) is 11.3 Å². The zero-order chi connectivity index (χ0) is 12.5. The molecule has 1 aromatic heterocycles. The number of halogens is 1. The molecule has 0 saturated carbocycles. The fourth-order valence-corrected chi connectivity index (χ4v) is 2.13. The van der Waals surface area contributed by atoms with Crippen LogP contribution in [0, 0.1) is 0 Å². The van der Waals surface area contributed by atoms with E-state index in [1.165, 1.54) is 6.07 Å². The zero-order valence-corrected chi connectivity index (χ0v) is 10.1. The molecule has 0 spiro atoms. The van der Waals surface area contributed by atoms with Gasteiger partial charge in [-0.1, -0.05) is 35.9 Å². The predicted molar refractivity (Wildman–Crippen MR) is 72.9 cm³/mol. The number of para-hydroxylation sites is 1. The molecular formula is C15H9ClO2. The molecule has 0 aliphatic rings. The SMILES string of the molecule is O=c1cc(-c2ccccc2Cl)oc2ccccc12. The van der Waals surface area contributed by atoms with Crippen LogP contribution in [-0.4, -0.2) is 0 Å². The molecule has 0 unspecified atom stereocenters. The van der Waals surface area contributed by atoms with Crippen LogP contribution in [0.15, 0.2) is 63.8 Å². The summed E-state index contributed by atoms with van der Waals surface area (Å²) in [4.78, 5) is 12.0. The molecule has 0 bridgehead atoms. The smallest absolute Gasteiger partial charge is 0.193 e. The van der Waals surface area contributed by atoms with Gasteiger partial charge in [-0.25, -0.2) is 0 Å². The lowest BCUT2D eigenvalue weighted by molar-refractivity contribution is 0.619. The average molecular weight is 257 g/mol. The zero-order valence-electron chi connectivity index (χ0n) is 9.39. The molecule has 1 heterocycles. The van der Waals surface area contributed by atoms with Gasteiger partial charge in [-0.2, -0.15) is 0 Å². The van der Waals surface area contributed by atoms with E-state index < -0.39 is 0 Å². The molecule has 0 atom stereocenters. The Morgan fingerprint density at radius 3 is 2.50 bits per heavy atom. The van der Waals surface area contributed by atoms with E-state index >= 15 is 0 Å². The highest BCUT2D eigenvalue weighted by molar-refractivity contribution is 6.33. The van der Waals surface area contributed by atoms with Gasteiger partial charge < -0.3 is 4.42 Å². The fraction of sp³-hybridized carbons (Fsp3) is 0. The molecule has 0 saturated heterocycles. The Bertz CT molecular complexity index is 775. The molecular weight excluding hydrogens is 248 g/mol. The molecule has 0 aliphatic heterocycles. The Morgan fingerprint density at radius 1 is 0.944 bits per heavy atom. The van der Waals surface area contributed by atoms with Crippen molar-refractivity contribution < 1.29 is 4.42 Å². The Morgan fingerprint density at radius 2 is 1.67 bits per heavy atom. The van der Waals surface area contributed by atoms with Crippen LogP contribution < -0.4 is 5.43 Å². The summed E-state index contributed by atoms with van der Waals surface area (Å²) in [5.74, 6) is 0.490. The Kier molecular flexibility index (Phi) is 2.65. The first kappa shape index (κ1) is 11.1. The van der Waals surface area contributed by atoms with Crippen LogP contribution in [0.5, 0.6) is 0 Å². The summed E-state index contributed by atoms with van der Waals surface area (Å²) in [6, 6.07) is 15.9. The van der Waals surface area contributed by atoms with E-state index in [4.69, 9.17) is 16.0 Å². The van der Waals surface area contributed by atoms with Crippen molar-refractivity contribution in [1.82, 2.24) is 0 Å². The lowest BCUT2D eigenvalue weighted by atomic mass is 10.1. The second-order valence-electron chi connectivity index (χ2n) is 3.95. The Labute approximate surface area is 108 Å². The van der Waals surface area contributed by atoms with Crippen LogP contribution in [0.3, 0.4) is 0 Å². The van der Waals surface area contributed by atoms with Gasteiger partial charge in [-0.15, -0.1) is 0 Å². The van der Waals surface area contributed by atoms with E-state index in [9.17, 15) is 4.79 Å². The predicted octanol–water partition coefficient (Wildman–Crippen LogP) is 4.11. The quantitative estimate of drug-likeness (QED) is 0.656. The third-order valence-corrected chi connectivity index (χ3v) is 3.10. The van der Waals surface area contributed by atoms with E-state index in [0.29, 0.717) is 21.8 Å². The van der Waals surface area contributed by atoms with Crippen molar-refractivity contribution >= 4 is 22.6 Å². The van der Waals surface area contributed by atoms with Gasteiger partial charge in [0.2, 0.25) is 0 Å². The Balaban J connectivity index is 2.32. The molecule has 0 N–H and O–H groups in total. The number of hydrogen-bond acceptors (Lipinski definition) is 2. The van der Waals surface area contributed by atoms with E-state index in [-0.39, 0.29) is 5.43 Å². The summed E-state index contributed by atoms with van der Waals surface area (Å²) in [5.41, 5.74) is 1.23. The highest BCUT2D eigenvalue weighted by Crippen LogP contribution is 2.28. The third kappa shape index (κ3) is 1.81. The molecule has 3 heteroatoms. The molecule has 88 valence electrons. The largest absolute Gasteiger partial charge is 0.456 e. The van der Waals surface area contributed by atoms with Crippen LogP contribution in [-0.2, 0) is 0 Å². The van der Waals surface area contributed by atoms with E-state index in [2.05, 4.69) is 0 Å². The third-order valence-electron chi connectivity index (χ3n) is 2.77. The maximum absolute atomic E-state index is 12.0. The molecule has 2 aromatic carbocycles. The summed E-state index contributed by atoms with van der Waals surface area (Å²) in [7, 11) is 0. The molecule has 3 rings (SSSR count). The van der Waals surface area contributed by atoms with E-state index in [1.54, 1.807) is 18.2 Å². The maximum Gasteiger partial charge on any atom is 0.193 e. The van der Waals surface area contributed by atoms with Crippen LogP contribution in [0.25, 0.3) is 22.3 Å². The fourth-order valence-electron chi connectivity index (χ4n) is 1.90. The molecule has 0 fully saturated rings. The molecule has 0 radical (unpaired) electrons. The number of benzene rings is 2. The second-order valence-corrected chi connectivity index (χ2v) is 4.36. The van der Waals surface area contributed by atoms with Gasteiger partial charge in [0.15, 0.2) is 5.43 Å². The second kappa shape index (κ2) is 4.31. The van der Waals surface area contributed by atoms with Crippen molar-refractivity contribution in [2.45, 2.75) is 0 Å². The molecule has 3 aromatic rings. The van der Waals surface area contributed by atoms with E-state index in [1.807, 2.05) is 30.3 Å². The number of hydrogen-bond donors (Lipinski definition) is 0. The number of fused-ring (bicyclic) bond motifs is 1. The summed E-state index contributed by atoms with van der Waals surface area (Å²) >= 11 is 6.10. The highest BCUT2D eigenvalue weighted by Gasteiger charge is 2.08. The van der Waals surface area contributed by atoms with Gasteiger partial charge in [-0.05, 0) is 24.3 Å². The molecule has 2 nitrogen and oxygen atoms in total. The van der Waals surface area contributed by atoms with E-state index in [0.717, 1.165) is 5.56 Å². The van der Waals surface area contributed by atoms with Gasteiger partial charge in [0, 0.05) is 11.6 Å². The van der Waals surface area contributed by atoms with Crippen molar-refractivity contribution in [3.05, 3.63) is 69.8 Å². The van der Waals surface area contributed by atoms with Gasteiger partial charge >= 0.3 is 0 Å². The van der Waals surface area contributed by atoms with Gasteiger partial charge in [-0.3, -0.25) is 4.79 Å². The molecule has 0 aliphatic carbocycles. The van der Waals surface area contributed by atoms with Gasteiger partial charge in [0.25, 0.3) is 0 Å².